The molecule has 0 aliphatic rings. The maximum absolute atomic E-state index is 10.2. The Hall–Kier alpha value is -1.14. The van der Waals surface area contributed by atoms with Crippen LogP contribution in [0.1, 0.15) is 46.5 Å². The van der Waals surface area contributed by atoms with Gasteiger partial charge in [-0.1, -0.05) is 40.0 Å². The summed E-state index contributed by atoms with van der Waals surface area (Å²) in [6.45, 7) is 5.76. The van der Waals surface area contributed by atoms with Crippen LogP contribution in [0.4, 0.5) is 0 Å². The predicted octanol–water partition coefficient (Wildman–Crippen LogP) is 1.03. The molecule has 0 aliphatic carbocycles. The van der Waals surface area contributed by atoms with Gasteiger partial charge in [-0.05, 0) is 12.3 Å². The van der Waals surface area contributed by atoms with E-state index in [4.69, 9.17) is 21.7 Å². The first-order chi connectivity index (χ1) is 8.27. The largest absolute Gasteiger partial charge is 0.480 e. The Morgan fingerprint density at radius 2 is 1.61 bits per heavy atom. The number of carbonyl (C=O) groups is 2. The molecule has 0 radical (unpaired) electrons. The Balaban J connectivity index is 0. The minimum absolute atomic E-state index is 0.0718. The second kappa shape index (κ2) is 11.0. The van der Waals surface area contributed by atoms with E-state index in [9.17, 15) is 9.59 Å². The standard InChI is InChI=1S/2C6H13NO2/c1-3-4(2)5(7)6(8)9;1-2-3-4-5(7)6(8)9/h4-5H,3,7H2,1-2H3,(H,8,9);5H,2-4,7H2,1H3,(H,8,9)/t4-,5-;5-/m00/s1. The van der Waals surface area contributed by atoms with E-state index in [-0.39, 0.29) is 5.92 Å². The van der Waals surface area contributed by atoms with Crippen LogP contribution in [0.25, 0.3) is 0 Å². The molecule has 0 bridgehead atoms. The third-order valence-electron chi connectivity index (χ3n) is 2.73. The van der Waals surface area contributed by atoms with Gasteiger partial charge in [0, 0.05) is 0 Å². The third-order valence-corrected chi connectivity index (χ3v) is 2.73. The van der Waals surface area contributed by atoms with Gasteiger partial charge in [0.1, 0.15) is 12.1 Å². The molecule has 6 N–H and O–H groups in total. The highest BCUT2D eigenvalue weighted by Crippen LogP contribution is 2.04. The molecule has 6 heteroatoms. The van der Waals surface area contributed by atoms with Crippen molar-refractivity contribution in [1.29, 1.82) is 0 Å². The molecule has 0 amide bonds. The highest BCUT2D eigenvalue weighted by Gasteiger charge is 2.17. The molecule has 0 aromatic heterocycles. The summed E-state index contributed by atoms with van der Waals surface area (Å²) in [6, 6.07) is -1.36. The number of aliphatic carboxylic acids is 2. The number of carboxylic acid groups (broad SMARTS) is 2. The Morgan fingerprint density at radius 3 is 1.83 bits per heavy atom. The lowest BCUT2D eigenvalue weighted by Gasteiger charge is -2.11. The fourth-order valence-electron chi connectivity index (χ4n) is 1.04. The second-order valence-corrected chi connectivity index (χ2v) is 4.34. The molecule has 0 unspecified atom stereocenters. The van der Waals surface area contributed by atoms with Crippen LogP contribution in [0.3, 0.4) is 0 Å². The smallest absolute Gasteiger partial charge is 0.320 e. The van der Waals surface area contributed by atoms with Crippen LogP contribution >= 0.6 is 0 Å². The molecule has 108 valence electrons. The summed E-state index contributed by atoms with van der Waals surface area (Å²) in [5.41, 5.74) is 10.5. The molecule has 6 nitrogen and oxygen atoms in total. The molecule has 0 aliphatic heterocycles. The van der Waals surface area contributed by atoms with Gasteiger partial charge in [0.25, 0.3) is 0 Å². The zero-order valence-electron chi connectivity index (χ0n) is 11.4. The molecule has 0 saturated carbocycles. The SMILES string of the molecule is CCCC[C@H](N)C(=O)O.CC[C@H](C)[C@H](N)C(=O)O. The van der Waals surface area contributed by atoms with Crippen LogP contribution in [0.5, 0.6) is 0 Å². The normalized spacial score (nSPS) is 14.9. The van der Waals surface area contributed by atoms with Gasteiger partial charge in [-0.3, -0.25) is 9.59 Å². The van der Waals surface area contributed by atoms with Crippen LogP contribution in [0.2, 0.25) is 0 Å². The molecule has 0 aromatic rings. The van der Waals surface area contributed by atoms with E-state index in [2.05, 4.69) is 0 Å². The van der Waals surface area contributed by atoms with Gasteiger partial charge in [-0.15, -0.1) is 0 Å². The first-order valence-electron chi connectivity index (χ1n) is 6.24. The lowest BCUT2D eigenvalue weighted by atomic mass is 10.0. The van der Waals surface area contributed by atoms with Crippen molar-refractivity contribution in [3.05, 3.63) is 0 Å². The number of hydrogen-bond donors (Lipinski definition) is 4. The van der Waals surface area contributed by atoms with Gasteiger partial charge in [0.2, 0.25) is 0 Å². The Labute approximate surface area is 108 Å². The molecular formula is C12H26N2O4. The number of nitrogens with two attached hydrogens (primary N) is 2. The van der Waals surface area contributed by atoms with Crippen LogP contribution in [-0.4, -0.2) is 34.2 Å². The topological polar surface area (TPSA) is 127 Å². The van der Waals surface area contributed by atoms with Crippen molar-refractivity contribution < 1.29 is 19.8 Å². The Bertz CT molecular complexity index is 246. The van der Waals surface area contributed by atoms with Crippen LogP contribution in [0.15, 0.2) is 0 Å². The van der Waals surface area contributed by atoms with Gasteiger partial charge >= 0.3 is 11.9 Å². The number of carboxylic acids is 2. The Morgan fingerprint density at radius 1 is 1.11 bits per heavy atom. The number of hydrogen-bond acceptors (Lipinski definition) is 4. The summed E-state index contributed by atoms with van der Waals surface area (Å²) >= 11 is 0. The summed E-state index contributed by atoms with van der Waals surface area (Å²) in [5, 5.41) is 16.6. The van der Waals surface area contributed by atoms with E-state index in [0.717, 1.165) is 19.3 Å². The summed E-state index contributed by atoms with van der Waals surface area (Å²) < 4.78 is 0. The first-order valence-corrected chi connectivity index (χ1v) is 6.24. The molecule has 0 heterocycles. The zero-order valence-corrected chi connectivity index (χ0v) is 11.4. The second-order valence-electron chi connectivity index (χ2n) is 4.34. The average molecular weight is 262 g/mol. The predicted molar refractivity (Wildman–Crippen MR) is 70.2 cm³/mol. The molecule has 3 atom stereocenters. The van der Waals surface area contributed by atoms with E-state index in [0.29, 0.717) is 6.42 Å². The summed E-state index contributed by atoms with van der Waals surface area (Å²) in [6.07, 6.45) is 3.30. The van der Waals surface area contributed by atoms with Crippen molar-refractivity contribution in [1.82, 2.24) is 0 Å². The quantitative estimate of drug-likeness (QED) is 0.543. The average Bonchev–Trinajstić information content (AvgIpc) is 2.34. The molecule has 18 heavy (non-hydrogen) atoms. The number of unbranched alkanes of at least 4 members (excludes halogenated alkanes) is 1. The van der Waals surface area contributed by atoms with E-state index in [1.54, 1.807) is 0 Å². The van der Waals surface area contributed by atoms with Crippen molar-refractivity contribution in [3.63, 3.8) is 0 Å². The monoisotopic (exact) mass is 262 g/mol. The van der Waals surface area contributed by atoms with Gasteiger partial charge < -0.3 is 21.7 Å². The van der Waals surface area contributed by atoms with Crippen molar-refractivity contribution >= 4 is 11.9 Å². The summed E-state index contributed by atoms with van der Waals surface area (Å²) in [7, 11) is 0. The summed E-state index contributed by atoms with van der Waals surface area (Å²) in [5.74, 6) is -1.74. The van der Waals surface area contributed by atoms with Crippen molar-refractivity contribution in [2.45, 2.75) is 58.5 Å². The minimum Gasteiger partial charge on any atom is -0.480 e. The van der Waals surface area contributed by atoms with Gasteiger partial charge in [-0.2, -0.15) is 0 Å². The minimum atomic E-state index is -0.913. The zero-order chi connectivity index (χ0) is 14.7. The maximum Gasteiger partial charge on any atom is 0.320 e. The summed E-state index contributed by atoms with van der Waals surface area (Å²) in [4.78, 5) is 20.3. The van der Waals surface area contributed by atoms with Gasteiger partial charge in [0.05, 0.1) is 0 Å². The van der Waals surface area contributed by atoms with Crippen LogP contribution in [-0.2, 0) is 9.59 Å². The fraction of sp³-hybridized carbons (Fsp3) is 0.833. The van der Waals surface area contributed by atoms with E-state index in [1.165, 1.54) is 0 Å². The molecule has 0 saturated heterocycles. The van der Waals surface area contributed by atoms with E-state index in [1.807, 2.05) is 20.8 Å². The lowest BCUT2D eigenvalue weighted by molar-refractivity contribution is -0.140. The molecular weight excluding hydrogens is 236 g/mol. The van der Waals surface area contributed by atoms with E-state index < -0.39 is 24.0 Å². The fourth-order valence-corrected chi connectivity index (χ4v) is 1.04. The van der Waals surface area contributed by atoms with Crippen LogP contribution in [0, 0.1) is 5.92 Å². The van der Waals surface area contributed by atoms with Gasteiger partial charge in [-0.25, -0.2) is 0 Å². The highest BCUT2D eigenvalue weighted by molar-refractivity contribution is 5.73. The number of rotatable bonds is 7. The molecule has 0 spiro atoms. The maximum atomic E-state index is 10.2. The highest BCUT2D eigenvalue weighted by atomic mass is 16.4. The van der Waals surface area contributed by atoms with Crippen LogP contribution < -0.4 is 11.5 Å². The lowest BCUT2D eigenvalue weighted by Crippen LogP contribution is -2.36. The third kappa shape index (κ3) is 10.0. The van der Waals surface area contributed by atoms with E-state index >= 15 is 0 Å². The molecule has 0 fully saturated rings. The van der Waals surface area contributed by atoms with Crippen molar-refractivity contribution in [2.24, 2.45) is 17.4 Å². The van der Waals surface area contributed by atoms with Crippen molar-refractivity contribution in [3.8, 4) is 0 Å². The van der Waals surface area contributed by atoms with Crippen molar-refractivity contribution in [2.75, 3.05) is 0 Å². The van der Waals surface area contributed by atoms with Gasteiger partial charge in [0.15, 0.2) is 0 Å². The molecule has 0 rings (SSSR count). The molecule has 0 aromatic carbocycles. The first kappa shape index (κ1) is 19.2. The Kier molecular flexibility index (Phi) is 11.7.